The molecule has 0 bridgehead atoms. The summed E-state index contributed by atoms with van der Waals surface area (Å²) in [6.07, 6.45) is 5.97. The zero-order valence-electron chi connectivity index (χ0n) is 12.7. The Morgan fingerprint density at radius 2 is 2.19 bits per heavy atom. The molecule has 0 radical (unpaired) electrons. The smallest absolute Gasteiger partial charge is 0.230 e. The second-order valence-electron chi connectivity index (χ2n) is 6.21. The van der Waals surface area contributed by atoms with Crippen LogP contribution in [0, 0.1) is 5.92 Å². The molecule has 0 aromatic heterocycles. The molecule has 0 saturated heterocycles. The first-order valence-electron chi connectivity index (χ1n) is 7.93. The lowest BCUT2D eigenvalue weighted by Crippen LogP contribution is -2.43. The van der Waals surface area contributed by atoms with Crippen LogP contribution in [0.15, 0.2) is 18.2 Å². The van der Waals surface area contributed by atoms with E-state index in [0.717, 1.165) is 56.5 Å². The lowest BCUT2D eigenvalue weighted by atomic mass is 9.84. The Labute approximate surface area is 126 Å². The molecule has 2 aliphatic rings. The summed E-state index contributed by atoms with van der Waals surface area (Å²) in [5.74, 6) is 1.22. The molecular formula is C17H24N2O2. The summed E-state index contributed by atoms with van der Waals surface area (Å²) in [6.45, 7) is 0.823. The van der Waals surface area contributed by atoms with Crippen molar-refractivity contribution in [1.29, 1.82) is 0 Å². The summed E-state index contributed by atoms with van der Waals surface area (Å²) in [4.78, 5) is 14.8. The van der Waals surface area contributed by atoms with E-state index in [1.807, 2.05) is 17.0 Å². The predicted octanol–water partition coefficient (Wildman–Crippen LogP) is 2.49. The van der Waals surface area contributed by atoms with Crippen LogP contribution in [0.25, 0.3) is 0 Å². The van der Waals surface area contributed by atoms with E-state index in [2.05, 4.69) is 6.07 Å². The van der Waals surface area contributed by atoms with Gasteiger partial charge >= 0.3 is 0 Å². The summed E-state index contributed by atoms with van der Waals surface area (Å²) in [6, 6.07) is 6.21. The monoisotopic (exact) mass is 288 g/mol. The molecule has 1 fully saturated rings. The highest BCUT2D eigenvalue weighted by molar-refractivity contribution is 5.96. The Bertz CT molecular complexity index is 530. The number of methoxy groups -OCH3 is 1. The number of benzene rings is 1. The first-order valence-corrected chi connectivity index (χ1v) is 7.93. The molecule has 1 saturated carbocycles. The van der Waals surface area contributed by atoms with Gasteiger partial charge in [-0.25, -0.2) is 0 Å². The quantitative estimate of drug-likeness (QED) is 0.909. The fourth-order valence-electron chi connectivity index (χ4n) is 3.60. The zero-order chi connectivity index (χ0) is 14.8. The van der Waals surface area contributed by atoms with Crippen LogP contribution in [-0.2, 0) is 11.2 Å². The molecule has 1 aliphatic heterocycles. The molecule has 0 spiro atoms. The average Bonchev–Trinajstić information content (AvgIpc) is 2.53. The molecule has 21 heavy (non-hydrogen) atoms. The number of amides is 1. The van der Waals surface area contributed by atoms with Crippen molar-refractivity contribution in [3.8, 4) is 5.75 Å². The van der Waals surface area contributed by atoms with Gasteiger partial charge in [-0.3, -0.25) is 4.79 Å². The van der Waals surface area contributed by atoms with Crippen LogP contribution in [0.1, 0.15) is 37.7 Å². The molecule has 2 unspecified atom stereocenters. The maximum Gasteiger partial charge on any atom is 0.230 e. The van der Waals surface area contributed by atoms with Crippen molar-refractivity contribution in [2.45, 2.75) is 44.6 Å². The Hall–Kier alpha value is -1.55. The number of hydrogen-bond acceptors (Lipinski definition) is 3. The van der Waals surface area contributed by atoms with Gasteiger partial charge in [-0.1, -0.05) is 6.42 Å². The van der Waals surface area contributed by atoms with Crippen LogP contribution < -0.4 is 15.4 Å². The van der Waals surface area contributed by atoms with Crippen molar-refractivity contribution < 1.29 is 9.53 Å². The molecule has 1 aliphatic carbocycles. The molecule has 114 valence electrons. The normalized spacial score (nSPS) is 25.3. The second kappa shape index (κ2) is 6.06. The van der Waals surface area contributed by atoms with E-state index < -0.39 is 0 Å². The van der Waals surface area contributed by atoms with Crippen LogP contribution in [0.2, 0.25) is 0 Å². The van der Waals surface area contributed by atoms with Gasteiger partial charge in [0.25, 0.3) is 0 Å². The number of fused-ring (bicyclic) bond motifs is 1. The molecule has 1 heterocycles. The van der Waals surface area contributed by atoms with Gasteiger partial charge in [0.05, 0.1) is 7.11 Å². The van der Waals surface area contributed by atoms with E-state index >= 15 is 0 Å². The molecular weight excluding hydrogens is 264 g/mol. The molecule has 3 rings (SSSR count). The van der Waals surface area contributed by atoms with E-state index in [4.69, 9.17) is 10.5 Å². The first kappa shape index (κ1) is 14.4. The molecule has 2 N–H and O–H groups in total. The minimum absolute atomic E-state index is 0.0989. The van der Waals surface area contributed by atoms with E-state index in [9.17, 15) is 4.79 Å². The topological polar surface area (TPSA) is 55.6 Å². The Kier molecular flexibility index (Phi) is 4.15. The number of nitrogens with two attached hydrogens (primary N) is 1. The lowest BCUT2D eigenvalue weighted by Gasteiger charge is -2.35. The largest absolute Gasteiger partial charge is 0.497 e. The summed E-state index contributed by atoms with van der Waals surface area (Å²) in [5.41, 5.74) is 8.32. The Morgan fingerprint density at radius 1 is 1.33 bits per heavy atom. The number of aryl methyl sites for hydroxylation is 1. The molecule has 1 aromatic rings. The fourth-order valence-corrected chi connectivity index (χ4v) is 3.60. The summed E-state index contributed by atoms with van der Waals surface area (Å²) in [5, 5.41) is 0. The first-order chi connectivity index (χ1) is 10.2. The number of nitrogens with zero attached hydrogens (tertiary/aromatic N) is 1. The van der Waals surface area contributed by atoms with E-state index in [0.29, 0.717) is 0 Å². The van der Waals surface area contributed by atoms with Gasteiger partial charge in [0.2, 0.25) is 5.91 Å². The van der Waals surface area contributed by atoms with Crippen LogP contribution in [0.3, 0.4) is 0 Å². The zero-order valence-corrected chi connectivity index (χ0v) is 12.7. The standard InChI is InChI=1S/C17H24N2O2/c1-21-15-7-8-16-12(11-15)5-3-9-19(16)17(20)13-4-2-6-14(18)10-13/h7-8,11,13-14H,2-6,9-10,18H2,1H3. The number of anilines is 1. The van der Waals surface area contributed by atoms with Crippen molar-refractivity contribution >= 4 is 11.6 Å². The third-order valence-electron chi connectivity index (χ3n) is 4.74. The second-order valence-corrected chi connectivity index (χ2v) is 6.21. The van der Waals surface area contributed by atoms with Gasteiger partial charge in [0.1, 0.15) is 5.75 Å². The third-order valence-corrected chi connectivity index (χ3v) is 4.74. The fraction of sp³-hybridized carbons (Fsp3) is 0.588. The minimum atomic E-state index is 0.0989. The number of ether oxygens (including phenoxy) is 1. The predicted molar refractivity (Wildman–Crippen MR) is 83.6 cm³/mol. The third kappa shape index (κ3) is 2.91. The average molecular weight is 288 g/mol. The highest BCUT2D eigenvalue weighted by atomic mass is 16.5. The van der Waals surface area contributed by atoms with E-state index in [1.165, 1.54) is 5.56 Å². The maximum absolute atomic E-state index is 12.9. The van der Waals surface area contributed by atoms with Crippen LogP contribution in [-0.4, -0.2) is 25.6 Å². The Balaban J connectivity index is 1.82. The van der Waals surface area contributed by atoms with Gasteiger partial charge in [-0.15, -0.1) is 0 Å². The Morgan fingerprint density at radius 3 is 2.95 bits per heavy atom. The van der Waals surface area contributed by atoms with Crippen molar-refractivity contribution in [3.05, 3.63) is 23.8 Å². The molecule has 1 amide bonds. The van der Waals surface area contributed by atoms with Crippen molar-refractivity contribution in [3.63, 3.8) is 0 Å². The summed E-state index contributed by atoms with van der Waals surface area (Å²) in [7, 11) is 1.68. The summed E-state index contributed by atoms with van der Waals surface area (Å²) < 4.78 is 5.29. The van der Waals surface area contributed by atoms with Crippen molar-refractivity contribution in [2.24, 2.45) is 11.7 Å². The molecule has 4 nitrogen and oxygen atoms in total. The van der Waals surface area contributed by atoms with Gasteiger partial charge in [-0.05, 0) is 55.9 Å². The van der Waals surface area contributed by atoms with Crippen LogP contribution >= 0.6 is 0 Å². The van der Waals surface area contributed by atoms with Crippen LogP contribution in [0.4, 0.5) is 5.69 Å². The maximum atomic E-state index is 12.9. The molecule has 1 aromatic carbocycles. The van der Waals surface area contributed by atoms with Crippen molar-refractivity contribution in [2.75, 3.05) is 18.6 Å². The number of rotatable bonds is 2. The highest BCUT2D eigenvalue weighted by Crippen LogP contribution is 2.33. The summed E-state index contributed by atoms with van der Waals surface area (Å²) >= 11 is 0. The number of hydrogen-bond donors (Lipinski definition) is 1. The van der Waals surface area contributed by atoms with E-state index in [-0.39, 0.29) is 17.9 Å². The van der Waals surface area contributed by atoms with Crippen LogP contribution in [0.5, 0.6) is 5.75 Å². The highest BCUT2D eigenvalue weighted by Gasteiger charge is 2.31. The van der Waals surface area contributed by atoms with E-state index in [1.54, 1.807) is 7.11 Å². The minimum Gasteiger partial charge on any atom is -0.497 e. The molecule has 4 heteroatoms. The SMILES string of the molecule is COc1ccc2c(c1)CCCN2C(=O)C1CCCC(N)C1. The van der Waals surface area contributed by atoms with Gasteiger partial charge in [-0.2, -0.15) is 0 Å². The number of carbonyl (C=O) groups is 1. The number of carbonyl (C=O) groups excluding carboxylic acids is 1. The van der Waals surface area contributed by atoms with Gasteiger partial charge in [0.15, 0.2) is 0 Å². The van der Waals surface area contributed by atoms with Gasteiger partial charge in [0, 0.05) is 24.2 Å². The molecule has 2 atom stereocenters. The lowest BCUT2D eigenvalue weighted by molar-refractivity contribution is -0.123. The van der Waals surface area contributed by atoms with Gasteiger partial charge < -0.3 is 15.4 Å². The van der Waals surface area contributed by atoms with Crippen molar-refractivity contribution in [1.82, 2.24) is 0 Å².